The van der Waals surface area contributed by atoms with Gasteiger partial charge in [-0.05, 0) is 43.2 Å². The first-order valence-electron chi connectivity index (χ1n) is 10.3. The summed E-state index contributed by atoms with van der Waals surface area (Å²) in [6.07, 6.45) is 0. The van der Waals surface area contributed by atoms with Crippen LogP contribution in [0.15, 0.2) is 47.4 Å². The van der Waals surface area contributed by atoms with Crippen LogP contribution in [0.5, 0.6) is 0 Å². The largest absolute Gasteiger partial charge is 0.379 e. The number of aryl methyl sites for hydroxylation is 2. The lowest BCUT2D eigenvalue weighted by Crippen LogP contribution is -2.43. The molecule has 4 rings (SSSR count). The first-order chi connectivity index (χ1) is 14.6. The van der Waals surface area contributed by atoms with Crippen molar-refractivity contribution >= 4 is 44.4 Å². The van der Waals surface area contributed by atoms with Crippen LogP contribution in [-0.2, 0) is 9.53 Å². The highest BCUT2D eigenvalue weighted by atomic mass is 32.2. The van der Waals surface area contributed by atoms with Crippen molar-refractivity contribution in [2.24, 2.45) is 0 Å². The van der Waals surface area contributed by atoms with Gasteiger partial charge < -0.3 is 4.74 Å². The van der Waals surface area contributed by atoms with Crippen molar-refractivity contribution in [3.63, 3.8) is 0 Å². The van der Waals surface area contributed by atoms with E-state index in [1.165, 1.54) is 11.1 Å². The summed E-state index contributed by atoms with van der Waals surface area (Å²) in [5.74, 6) is 0.506. The summed E-state index contributed by atoms with van der Waals surface area (Å²) in [5.41, 5.74) is 3.39. The Morgan fingerprint density at radius 3 is 2.73 bits per heavy atom. The number of ether oxygens (including phenoxy) is 1. The van der Waals surface area contributed by atoms with Gasteiger partial charge in [0.2, 0.25) is 5.91 Å². The molecule has 7 heteroatoms. The van der Waals surface area contributed by atoms with Crippen LogP contribution in [0, 0.1) is 13.8 Å². The highest BCUT2D eigenvalue weighted by Crippen LogP contribution is 2.32. The van der Waals surface area contributed by atoms with Crippen LogP contribution in [0.25, 0.3) is 10.2 Å². The van der Waals surface area contributed by atoms with Crippen LogP contribution in [0.4, 0.5) is 5.13 Å². The maximum absolute atomic E-state index is 13.2. The molecule has 0 atom stereocenters. The van der Waals surface area contributed by atoms with E-state index < -0.39 is 0 Å². The molecule has 1 amide bonds. The molecule has 5 nitrogen and oxygen atoms in total. The number of hydrogen-bond donors (Lipinski definition) is 0. The fraction of sp³-hybridized carbons (Fsp3) is 0.391. The quantitative estimate of drug-likeness (QED) is 0.510. The monoisotopic (exact) mass is 441 g/mol. The number of morpholine rings is 1. The maximum Gasteiger partial charge on any atom is 0.239 e. The first-order valence-corrected chi connectivity index (χ1v) is 12.1. The zero-order chi connectivity index (χ0) is 20.9. The molecule has 2 heterocycles. The van der Waals surface area contributed by atoms with Crippen LogP contribution >= 0.6 is 23.1 Å². The Bertz CT molecular complexity index is 1000. The Hall–Kier alpha value is -1.93. The number of carbonyl (C=O) groups excluding carboxylic acids is 1. The molecule has 1 aliphatic rings. The number of carbonyl (C=O) groups is 1. The minimum Gasteiger partial charge on any atom is -0.379 e. The molecule has 30 heavy (non-hydrogen) atoms. The molecule has 2 aromatic carbocycles. The second kappa shape index (κ2) is 9.92. The zero-order valence-electron chi connectivity index (χ0n) is 17.5. The molecule has 1 aromatic heterocycles. The van der Waals surface area contributed by atoms with Crippen molar-refractivity contribution in [1.29, 1.82) is 0 Å². The zero-order valence-corrected chi connectivity index (χ0v) is 19.1. The summed E-state index contributed by atoms with van der Waals surface area (Å²) >= 11 is 3.20. The van der Waals surface area contributed by atoms with Gasteiger partial charge in [0, 0.05) is 31.1 Å². The molecule has 1 aliphatic heterocycles. The van der Waals surface area contributed by atoms with Crippen LogP contribution in [0.2, 0.25) is 0 Å². The van der Waals surface area contributed by atoms with Gasteiger partial charge in [0.15, 0.2) is 5.13 Å². The van der Waals surface area contributed by atoms with Crippen molar-refractivity contribution < 1.29 is 9.53 Å². The van der Waals surface area contributed by atoms with Gasteiger partial charge in [0.1, 0.15) is 0 Å². The number of benzene rings is 2. The summed E-state index contributed by atoms with van der Waals surface area (Å²) < 4.78 is 6.62. The van der Waals surface area contributed by atoms with Crippen molar-refractivity contribution in [2.75, 3.05) is 50.0 Å². The maximum atomic E-state index is 13.2. The molecule has 0 unspecified atom stereocenters. The Labute approximate surface area is 186 Å². The second-order valence-corrected chi connectivity index (χ2v) is 9.55. The van der Waals surface area contributed by atoms with Gasteiger partial charge >= 0.3 is 0 Å². The summed E-state index contributed by atoms with van der Waals surface area (Å²) in [7, 11) is 0. The smallest absolute Gasteiger partial charge is 0.239 e. The van der Waals surface area contributed by atoms with E-state index in [1.54, 1.807) is 23.1 Å². The molecule has 158 valence electrons. The van der Waals surface area contributed by atoms with E-state index in [9.17, 15) is 4.79 Å². The lowest BCUT2D eigenvalue weighted by Gasteiger charge is -2.29. The fourth-order valence-electron chi connectivity index (χ4n) is 3.61. The molecular weight excluding hydrogens is 414 g/mol. The topological polar surface area (TPSA) is 45.7 Å². The van der Waals surface area contributed by atoms with Gasteiger partial charge in [-0.25, -0.2) is 4.98 Å². The number of aromatic nitrogens is 1. The Morgan fingerprint density at radius 2 is 1.97 bits per heavy atom. The fourth-order valence-corrected chi connectivity index (χ4v) is 5.47. The number of thioether (sulfide) groups is 1. The summed E-state index contributed by atoms with van der Waals surface area (Å²) in [6.45, 7) is 9.03. The van der Waals surface area contributed by atoms with Crippen molar-refractivity contribution in [1.82, 2.24) is 9.88 Å². The van der Waals surface area contributed by atoms with Crippen LogP contribution in [-0.4, -0.2) is 60.9 Å². The van der Waals surface area contributed by atoms with Crippen molar-refractivity contribution in [3.8, 4) is 0 Å². The third kappa shape index (κ3) is 5.21. The van der Waals surface area contributed by atoms with E-state index >= 15 is 0 Å². The predicted octanol–water partition coefficient (Wildman–Crippen LogP) is 4.37. The Morgan fingerprint density at radius 1 is 1.20 bits per heavy atom. The van der Waals surface area contributed by atoms with Crippen LogP contribution in [0.1, 0.15) is 11.1 Å². The number of fused-ring (bicyclic) bond motifs is 1. The first kappa shape index (κ1) is 21.3. The lowest BCUT2D eigenvalue weighted by molar-refractivity contribution is -0.116. The van der Waals surface area contributed by atoms with Gasteiger partial charge in [0.25, 0.3) is 0 Å². The summed E-state index contributed by atoms with van der Waals surface area (Å²) in [4.78, 5) is 23.4. The van der Waals surface area contributed by atoms with E-state index in [0.29, 0.717) is 12.3 Å². The minimum atomic E-state index is 0.102. The number of rotatable bonds is 7. The molecule has 1 fully saturated rings. The molecule has 0 aliphatic carbocycles. The lowest BCUT2D eigenvalue weighted by atomic mass is 10.1. The SMILES string of the molecule is Cc1cc(C)c2sc(N(CCN3CCOCC3)C(=O)CSc3ccccc3)nc2c1. The van der Waals surface area contributed by atoms with Crippen molar-refractivity contribution in [3.05, 3.63) is 53.6 Å². The summed E-state index contributed by atoms with van der Waals surface area (Å²) in [5, 5.41) is 0.797. The number of amides is 1. The number of hydrogen-bond acceptors (Lipinski definition) is 6. The minimum absolute atomic E-state index is 0.102. The average molecular weight is 442 g/mol. The Kier molecular flexibility index (Phi) is 7.04. The van der Waals surface area contributed by atoms with Gasteiger partial charge in [-0.1, -0.05) is 35.6 Å². The molecule has 0 radical (unpaired) electrons. The van der Waals surface area contributed by atoms with Gasteiger partial charge in [-0.2, -0.15) is 0 Å². The third-order valence-electron chi connectivity index (χ3n) is 5.19. The van der Waals surface area contributed by atoms with E-state index in [4.69, 9.17) is 9.72 Å². The molecule has 0 saturated carbocycles. The predicted molar refractivity (Wildman–Crippen MR) is 126 cm³/mol. The molecule has 1 saturated heterocycles. The standard InChI is InChI=1S/C23H27N3O2S2/c1-17-14-18(2)22-20(15-17)24-23(30-22)26(9-8-25-10-12-28-13-11-25)21(27)16-29-19-6-4-3-5-7-19/h3-7,14-15H,8-13,16H2,1-2H3. The molecule has 0 spiro atoms. The molecular formula is C23H27N3O2S2. The van der Waals surface area contributed by atoms with E-state index in [0.717, 1.165) is 53.1 Å². The van der Waals surface area contributed by atoms with E-state index in [2.05, 4.69) is 30.9 Å². The van der Waals surface area contributed by atoms with Gasteiger partial charge in [-0.15, -0.1) is 11.8 Å². The van der Waals surface area contributed by atoms with Gasteiger partial charge in [-0.3, -0.25) is 14.6 Å². The molecule has 0 N–H and O–H groups in total. The van der Waals surface area contributed by atoms with E-state index in [-0.39, 0.29) is 5.91 Å². The molecule has 3 aromatic rings. The second-order valence-electron chi connectivity index (χ2n) is 7.53. The highest BCUT2D eigenvalue weighted by molar-refractivity contribution is 8.00. The van der Waals surface area contributed by atoms with E-state index in [1.807, 2.05) is 35.2 Å². The number of nitrogens with zero attached hydrogens (tertiary/aromatic N) is 3. The average Bonchev–Trinajstić information content (AvgIpc) is 3.18. The number of anilines is 1. The summed E-state index contributed by atoms with van der Waals surface area (Å²) in [6, 6.07) is 14.4. The number of thiazole rings is 1. The third-order valence-corrected chi connectivity index (χ3v) is 7.42. The molecule has 0 bridgehead atoms. The van der Waals surface area contributed by atoms with Crippen LogP contribution in [0.3, 0.4) is 0 Å². The Balaban J connectivity index is 1.54. The van der Waals surface area contributed by atoms with Crippen molar-refractivity contribution in [2.45, 2.75) is 18.7 Å². The van der Waals surface area contributed by atoms with Gasteiger partial charge in [0.05, 0.1) is 29.2 Å². The van der Waals surface area contributed by atoms with Crippen LogP contribution < -0.4 is 4.90 Å². The normalized spacial score (nSPS) is 14.9. The highest BCUT2D eigenvalue weighted by Gasteiger charge is 2.22.